The lowest BCUT2D eigenvalue weighted by atomic mass is 9.83. The maximum Gasteiger partial charge on any atom is 0.248 e. The van der Waals surface area contributed by atoms with Crippen molar-refractivity contribution in [3.63, 3.8) is 0 Å². The lowest BCUT2D eigenvalue weighted by molar-refractivity contribution is -0.121. The van der Waals surface area contributed by atoms with Crippen LogP contribution in [0, 0.1) is 5.92 Å². The van der Waals surface area contributed by atoms with Gasteiger partial charge in [0.15, 0.2) is 0 Å². The molecule has 1 nitrogen and oxygen atoms in total. The average Bonchev–Trinajstić information content (AvgIpc) is 2.27. The summed E-state index contributed by atoms with van der Waals surface area (Å²) in [5.74, 6) is -2.41. The monoisotopic (exact) mass is 260 g/mol. The standard InChI is InChI=1S/C15H26F2O/c1-2-3-4-5-6-9-14(18)11-13-8-7-10-15(16,17)12-13/h13H,2-12H2,1H3. The van der Waals surface area contributed by atoms with E-state index in [0.29, 0.717) is 19.3 Å². The quantitative estimate of drug-likeness (QED) is 0.553. The van der Waals surface area contributed by atoms with Crippen molar-refractivity contribution < 1.29 is 13.6 Å². The number of carbonyl (C=O) groups excluding carboxylic acids is 1. The fraction of sp³-hybridized carbons (Fsp3) is 0.933. The molecule has 0 aromatic carbocycles. The van der Waals surface area contributed by atoms with Crippen molar-refractivity contribution >= 4 is 5.78 Å². The Morgan fingerprint density at radius 2 is 1.94 bits per heavy atom. The molecule has 18 heavy (non-hydrogen) atoms. The lowest BCUT2D eigenvalue weighted by Gasteiger charge is -2.28. The Labute approximate surface area is 109 Å². The highest BCUT2D eigenvalue weighted by Gasteiger charge is 2.36. The van der Waals surface area contributed by atoms with E-state index in [-0.39, 0.29) is 24.5 Å². The molecule has 0 saturated heterocycles. The normalized spacial score (nSPS) is 22.9. The van der Waals surface area contributed by atoms with Crippen molar-refractivity contribution in [2.45, 2.75) is 83.5 Å². The number of rotatable bonds is 8. The first-order valence-electron chi connectivity index (χ1n) is 7.43. The number of alkyl halides is 2. The summed E-state index contributed by atoms with van der Waals surface area (Å²) >= 11 is 0. The summed E-state index contributed by atoms with van der Waals surface area (Å²) in [7, 11) is 0. The van der Waals surface area contributed by atoms with Crippen LogP contribution in [-0.2, 0) is 4.79 Å². The summed E-state index contributed by atoms with van der Waals surface area (Å²) < 4.78 is 26.4. The van der Waals surface area contributed by atoms with Crippen LogP contribution in [0.15, 0.2) is 0 Å². The molecule has 1 rings (SSSR count). The summed E-state index contributed by atoms with van der Waals surface area (Å²) in [6, 6.07) is 0. The molecule has 1 aliphatic carbocycles. The zero-order chi connectivity index (χ0) is 13.4. The molecular formula is C15H26F2O. The SMILES string of the molecule is CCCCCCCC(=O)CC1CCCC(F)(F)C1. The molecule has 0 bridgehead atoms. The molecule has 0 heterocycles. The first kappa shape index (κ1) is 15.6. The number of hydrogen-bond donors (Lipinski definition) is 0. The van der Waals surface area contributed by atoms with Gasteiger partial charge < -0.3 is 0 Å². The largest absolute Gasteiger partial charge is 0.300 e. The molecule has 0 amide bonds. The van der Waals surface area contributed by atoms with E-state index >= 15 is 0 Å². The third kappa shape index (κ3) is 6.46. The highest BCUT2D eigenvalue weighted by Crippen LogP contribution is 2.38. The molecule has 106 valence electrons. The Kier molecular flexibility index (Phi) is 6.80. The van der Waals surface area contributed by atoms with Gasteiger partial charge in [-0.3, -0.25) is 4.79 Å². The van der Waals surface area contributed by atoms with Gasteiger partial charge in [-0.1, -0.05) is 32.6 Å². The van der Waals surface area contributed by atoms with Crippen molar-refractivity contribution in [2.75, 3.05) is 0 Å². The second kappa shape index (κ2) is 7.85. The molecule has 0 spiro atoms. The minimum atomic E-state index is -2.52. The first-order valence-corrected chi connectivity index (χ1v) is 7.43. The number of hydrogen-bond acceptors (Lipinski definition) is 1. The molecule has 0 aromatic heterocycles. The molecule has 1 aliphatic rings. The number of Topliss-reactive ketones (excluding diaryl/α,β-unsaturated/α-hetero) is 1. The summed E-state index contributed by atoms with van der Waals surface area (Å²) in [6.45, 7) is 2.16. The first-order chi connectivity index (χ1) is 8.53. The highest BCUT2D eigenvalue weighted by atomic mass is 19.3. The number of halogens is 2. The van der Waals surface area contributed by atoms with E-state index in [1.165, 1.54) is 19.3 Å². The van der Waals surface area contributed by atoms with E-state index in [4.69, 9.17) is 0 Å². The number of unbranched alkanes of at least 4 members (excludes halogenated alkanes) is 4. The number of carbonyl (C=O) groups is 1. The van der Waals surface area contributed by atoms with Gasteiger partial charge in [-0.15, -0.1) is 0 Å². The van der Waals surface area contributed by atoms with Crippen LogP contribution in [0.4, 0.5) is 8.78 Å². The van der Waals surface area contributed by atoms with Crippen molar-refractivity contribution in [1.82, 2.24) is 0 Å². The van der Waals surface area contributed by atoms with Crippen molar-refractivity contribution in [1.29, 1.82) is 0 Å². The molecule has 0 N–H and O–H groups in total. The van der Waals surface area contributed by atoms with E-state index in [0.717, 1.165) is 19.3 Å². The second-order valence-corrected chi connectivity index (χ2v) is 5.73. The van der Waals surface area contributed by atoms with Gasteiger partial charge in [0.2, 0.25) is 5.92 Å². The Hall–Kier alpha value is -0.470. The predicted octanol–water partition coefficient (Wildman–Crippen LogP) is 5.13. The number of ketones is 1. The van der Waals surface area contributed by atoms with Crippen LogP contribution in [0.25, 0.3) is 0 Å². The summed E-state index contributed by atoms with van der Waals surface area (Å²) in [4.78, 5) is 11.7. The second-order valence-electron chi connectivity index (χ2n) is 5.73. The third-order valence-corrected chi connectivity index (χ3v) is 3.82. The topological polar surface area (TPSA) is 17.1 Å². The van der Waals surface area contributed by atoms with Gasteiger partial charge >= 0.3 is 0 Å². The predicted molar refractivity (Wildman–Crippen MR) is 69.9 cm³/mol. The molecule has 1 atom stereocenters. The van der Waals surface area contributed by atoms with Crippen molar-refractivity contribution in [3.8, 4) is 0 Å². The van der Waals surface area contributed by atoms with Gasteiger partial charge in [0.05, 0.1) is 0 Å². The fourth-order valence-corrected chi connectivity index (χ4v) is 2.80. The van der Waals surface area contributed by atoms with E-state index in [2.05, 4.69) is 6.92 Å². The Balaban J connectivity index is 2.12. The molecule has 0 aromatic rings. The van der Waals surface area contributed by atoms with Crippen LogP contribution in [0.1, 0.15) is 77.6 Å². The van der Waals surface area contributed by atoms with E-state index < -0.39 is 5.92 Å². The Morgan fingerprint density at radius 3 is 2.61 bits per heavy atom. The van der Waals surface area contributed by atoms with Gasteiger partial charge in [0.25, 0.3) is 0 Å². The summed E-state index contributed by atoms with van der Waals surface area (Å²) in [5, 5.41) is 0. The lowest BCUT2D eigenvalue weighted by Crippen LogP contribution is -2.27. The minimum absolute atomic E-state index is 0.00864. The third-order valence-electron chi connectivity index (χ3n) is 3.82. The Bertz CT molecular complexity index is 251. The van der Waals surface area contributed by atoms with Crippen LogP contribution in [0.5, 0.6) is 0 Å². The molecule has 3 heteroatoms. The maximum absolute atomic E-state index is 13.2. The van der Waals surface area contributed by atoms with Crippen LogP contribution >= 0.6 is 0 Å². The van der Waals surface area contributed by atoms with Gasteiger partial charge in [-0.25, -0.2) is 8.78 Å². The maximum atomic E-state index is 13.2. The van der Waals surface area contributed by atoms with Crippen LogP contribution in [0.2, 0.25) is 0 Å². The van der Waals surface area contributed by atoms with E-state index in [1.54, 1.807) is 0 Å². The average molecular weight is 260 g/mol. The molecule has 0 aliphatic heterocycles. The highest BCUT2D eigenvalue weighted by molar-refractivity contribution is 5.78. The summed E-state index contributed by atoms with van der Waals surface area (Å²) in [6.07, 6.45) is 7.92. The van der Waals surface area contributed by atoms with Crippen LogP contribution in [0.3, 0.4) is 0 Å². The van der Waals surface area contributed by atoms with Crippen molar-refractivity contribution in [2.24, 2.45) is 5.92 Å². The van der Waals surface area contributed by atoms with E-state index in [9.17, 15) is 13.6 Å². The zero-order valence-corrected chi connectivity index (χ0v) is 11.5. The smallest absolute Gasteiger partial charge is 0.248 e. The molecule has 1 saturated carbocycles. The van der Waals surface area contributed by atoms with Crippen LogP contribution in [-0.4, -0.2) is 11.7 Å². The molecular weight excluding hydrogens is 234 g/mol. The van der Waals surface area contributed by atoms with Gasteiger partial charge in [-0.05, 0) is 25.2 Å². The van der Waals surface area contributed by atoms with Crippen LogP contribution < -0.4 is 0 Å². The minimum Gasteiger partial charge on any atom is -0.300 e. The van der Waals surface area contributed by atoms with Crippen molar-refractivity contribution in [3.05, 3.63) is 0 Å². The van der Waals surface area contributed by atoms with Gasteiger partial charge in [-0.2, -0.15) is 0 Å². The molecule has 0 radical (unpaired) electrons. The molecule has 1 fully saturated rings. The Morgan fingerprint density at radius 1 is 1.22 bits per heavy atom. The van der Waals surface area contributed by atoms with Gasteiger partial charge in [0, 0.05) is 25.7 Å². The zero-order valence-electron chi connectivity index (χ0n) is 11.5. The van der Waals surface area contributed by atoms with E-state index in [1.807, 2.05) is 0 Å². The van der Waals surface area contributed by atoms with Gasteiger partial charge in [0.1, 0.15) is 5.78 Å². The summed E-state index contributed by atoms with van der Waals surface area (Å²) in [5.41, 5.74) is 0. The molecule has 1 unspecified atom stereocenters. The fourth-order valence-electron chi connectivity index (χ4n) is 2.80.